The number of aliphatic hydroxyl groups excluding tert-OH is 4. The van der Waals surface area contributed by atoms with Crippen molar-refractivity contribution in [2.75, 3.05) is 0 Å². The fourth-order valence-electron chi connectivity index (χ4n) is 3.41. The molecule has 234 valence electrons. The molecule has 0 bridgehead atoms. The van der Waals surface area contributed by atoms with Crippen LogP contribution in [0.1, 0.15) is 44.5 Å². The van der Waals surface area contributed by atoms with Crippen LogP contribution in [0, 0.1) is 11.8 Å². The van der Waals surface area contributed by atoms with E-state index >= 15 is 0 Å². The summed E-state index contributed by atoms with van der Waals surface area (Å²) in [5, 5.41) is 60.2. The Morgan fingerprint density at radius 2 is 1.51 bits per heavy atom. The van der Waals surface area contributed by atoms with E-state index in [2.05, 4.69) is 0 Å². The van der Waals surface area contributed by atoms with Crippen molar-refractivity contribution in [2.24, 2.45) is 11.8 Å². The van der Waals surface area contributed by atoms with E-state index in [0.717, 1.165) is 23.8 Å². The van der Waals surface area contributed by atoms with Crippen LogP contribution in [-0.4, -0.2) is 67.0 Å². The number of carboxylic acid groups (broad SMARTS) is 1. The third kappa shape index (κ3) is 14.8. The average molecular weight is 617 g/mol. The normalized spacial score (nSPS) is 17.0. The lowest BCUT2D eigenvalue weighted by Gasteiger charge is -2.27. The van der Waals surface area contributed by atoms with E-state index in [1.165, 1.54) is 18.2 Å². The molecule has 0 aliphatic heterocycles. The minimum Gasteiger partial charge on any atom is -0.504 e. The van der Waals surface area contributed by atoms with Crippen LogP contribution in [0.5, 0.6) is 11.5 Å². The SMILES string of the molecule is CC(/C=C/C=C/C(=O)Oc1cc(C(=O)O)ccc1O)=C\C=C\C=C(/Cl)C(C)C(O)C(O)C(O)CC(O)/C=C/C=C/C(C)C. The number of esters is 1. The van der Waals surface area contributed by atoms with E-state index in [4.69, 9.17) is 21.4 Å². The molecule has 1 aromatic carbocycles. The van der Waals surface area contributed by atoms with Crippen LogP contribution in [0.3, 0.4) is 0 Å². The van der Waals surface area contributed by atoms with Gasteiger partial charge in [-0.05, 0) is 37.1 Å². The highest BCUT2D eigenvalue weighted by molar-refractivity contribution is 6.30. The van der Waals surface area contributed by atoms with Gasteiger partial charge in [0.1, 0.15) is 6.10 Å². The molecule has 5 atom stereocenters. The number of aliphatic hydroxyl groups is 4. The van der Waals surface area contributed by atoms with Crippen LogP contribution in [-0.2, 0) is 4.79 Å². The van der Waals surface area contributed by atoms with Gasteiger partial charge in [-0.2, -0.15) is 0 Å². The first-order chi connectivity index (χ1) is 20.2. The fourth-order valence-corrected chi connectivity index (χ4v) is 3.61. The number of carbonyl (C=O) groups excluding carboxylic acids is 1. The van der Waals surface area contributed by atoms with Gasteiger partial charge in [0.25, 0.3) is 0 Å². The van der Waals surface area contributed by atoms with Crippen molar-refractivity contribution < 1.29 is 45.0 Å². The number of carboxylic acids is 1. The van der Waals surface area contributed by atoms with Crippen molar-refractivity contribution >= 4 is 23.5 Å². The van der Waals surface area contributed by atoms with Crippen molar-refractivity contribution in [1.29, 1.82) is 0 Å². The first kappa shape index (κ1) is 37.3. The molecule has 0 amide bonds. The minimum atomic E-state index is -1.52. The van der Waals surface area contributed by atoms with Crippen LogP contribution < -0.4 is 4.74 Å². The maximum Gasteiger partial charge on any atom is 0.336 e. The van der Waals surface area contributed by atoms with Crippen LogP contribution in [0.25, 0.3) is 0 Å². The molecule has 0 saturated carbocycles. The number of aromatic carboxylic acids is 1. The zero-order valence-corrected chi connectivity index (χ0v) is 25.4. The van der Waals surface area contributed by atoms with Gasteiger partial charge in [0, 0.05) is 23.4 Å². The first-order valence-corrected chi connectivity index (χ1v) is 14.0. The van der Waals surface area contributed by atoms with Gasteiger partial charge in [-0.3, -0.25) is 0 Å². The Morgan fingerprint density at radius 1 is 0.884 bits per heavy atom. The van der Waals surface area contributed by atoms with Gasteiger partial charge in [-0.25, -0.2) is 9.59 Å². The Morgan fingerprint density at radius 3 is 2.16 bits per heavy atom. The quantitative estimate of drug-likeness (QED) is 0.0651. The maximum atomic E-state index is 12.0. The van der Waals surface area contributed by atoms with E-state index in [1.807, 2.05) is 26.8 Å². The summed E-state index contributed by atoms with van der Waals surface area (Å²) in [6, 6.07) is 3.35. The van der Waals surface area contributed by atoms with Crippen molar-refractivity contribution in [1.82, 2.24) is 0 Å². The van der Waals surface area contributed by atoms with Crippen molar-refractivity contribution in [2.45, 2.75) is 58.5 Å². The van der Waals surface area contributed by atoms with Crippen LogP contribution in [0.2, 0.25) is 0 Å². The monoisotopic (exact) mass is 616 g/mol. The molecule has 0 aliphatic rings. The fraction of sp³-hybridized carbons (Fsp3) is 0.333. The number of carbonyl (C=O) groups is 2. The largest absolute Gasteiger partial charge is 0.504 e. The van der Waals surface area contributed by atoms with Gasteiger partial charge in [0.15, 0.2) is 11.5 Å². The van der Waals surface area contributed by atoms with Crippen molar-refractivity contribution in [3.05, 3.63) is 107 Å². The lowest BCUT2D eigenvalue weighted by atomic mass is 9.93. The molecule has 1 aromatic rings. The topological polar surface area (TPSA) is 165 Å². The summed E-state index contributed by atoms with van der Waals surface area (Å²) >= 11 is 6.29. The van der Waals surface area contributed by atoms with Crippen LogP contribution in [0.15, 0.2) is 102 Å². The molecule has 9 nitrogen and oxygen atoms in total. The summed E-state index contributed by atoms with van der Waals surface area (Å²) in [6.45, 7) is 7.44. The molecular weight excluding hydrogens is 576 g/mol. The van der Waals surface area contributed by atoms with E-state index < -0.39 is 42.3 Å². The molecule has 0 saturated heterocycles. The van der Waals surface area contributed by atoms with Gasteiger partial charge in [-0.1, -0.05) is 98.7 Å². The highest BCUT2D eigenvalue weighted by Gasteiger charge is 2.31. The van der Waals surface area contributed by atoms with Crippen molar-refractivity contribution in [3.8, 4) is 11.5 Å². The van der Waals surface area contributed by atoms with E-state index in [-0.39, 0.29) is 28.5 Å². The number of benzene rings is 1. The lowest BCUT2D eigenvalue weighted by molar-refractivity contribution is -0.129. The third-order valence-electron chi connectivity index (χ3n) is 5.96. The molecule has 0 aromatic heterocycles. The van der Waals surface area contributed by atoms with Gasteiger partial charge >= 0.3 is 11.9 Å². The third-order valence-corrected chi connectivity index (χ3v) is 6.43. The molecule has 0 spiro atoms. The predicted octanol–water partition coefficient (Wildman–Crippen LogP) is 4.97. The number of allylic oxidation sites excluding steroid dienone is 11. The number of ether oxygens (including phenoxy) is 1. The van der Waals surface area contributed by atoms with Gasteiger partial charge in [0.2, 0.25) is 0 Å². The number of hydrogen-bond acceptors (Lipinski definition) is 8. The molecule has 43 heavy (non-hydrogen) atoms. The second-order valence-corrected chi connectivity index (χ2v) is 10.6. The van der Waals surface area contributed by atoms with E-state index in [9.17, 15) is 35.1 Å². The van der Waals surface area contributed by atoms with Gasteiger partial charge in [-0.15, -0.1) is 0 Å². The Bertz CT molecular complexity index is 1270. The van der Waals surface area contributed by atoms with E-state index in [1.54, 1.807) is 55.5 Å². The van der Waals surface area contributed by atoms with Gasteiger partial charge < -0.3 is 35.4 Å². The Hall–Kier alpha value is -3.73. The second kappa shape index (κ2) is 19.5. The summed E-state index contributed by atoms with van der Waals surface area (Å²) in [7, 11) is 0. The smallest absolute Gasteiger partial charge is 0.336 e. The molecule has 10 heteroatoms. The summed E-state index contributed by atoms with van der Waals surface area (Å²) < 4.78 is 4.97. The Balaban J connectivity index is 2.62. The number of phenolic OH excluding ortho intramolecular Hbond substituents is 1. The Labute approximate surface area is 257 Å². The highest BCUT2D eigenvalue weighted by atomic mass is 35.5. The predicted molar refractivity (Wildman–Crippen MR) is 167 cm³/mol. The number of phenols is 1. The summed E-state index contributed by atoms with van der Waals surface area (Å²) in [5.41, 5.74) is 0.673. The van der Waals surface area contributed by atoms with E-state index in [0.29, 0.717) is 5.92 Å². The molecule has 1 rings (SSSR count). The molecule has 0 heterocycles. The van der Waals surface area contributed by atoms with Crippen LogP contribution in [0.4, 0.5) is 0 Å². The first-order valence-electron chi connectivity index (χ1n) is 13.6. The molecule has 0 aliphatic carbocycles. The molecule has 6 N–H and O–H groups in total. The van der Waals surface area contributed by atoms with Crippen LogP contribution >= 0.6 is 11.6 Å². The standard InChI is InChI=1S/C33H41ClO9/c1-21(2)11-5-8-14-25(35)20-28(37)32(40)31(39)23(4)26(34)15-9-6-12-22(3)13-7-10-16-30(38)43-29-19-24(33(41)42)17-18-27(29)36/h5-19,21,23,25,28,31-32,35-37,39-40H,20H2,1-4H3,(H,41,42)/b9-6+,11-5+,13-7+,14-8+,16-10+,22-12+,26-15-. The minimum absolute atomic E-state index is 0.137. The number of rotatable bonds is 16. The summed E-state index contributed by atoms with van der Waals surface area (Å²) in [5.74, 6) is -3.00. The zero-order chi connectivity index (χ0) is 32.5. The molecule has 0 radical (unpaired) electrons. The number of aromatic hydroxyl groups is 1. The number of hydrogen-bond donors (Lipinski definition) is 6. The van der Waals surface area contributed by atoms with Crippen molar-refractivity contribution in [3.63, 3.8) is 0 Å². The zero-order valence-electron chi connectivity index (χ0n) is 24.6. The lowest BCUT2D eigenvalue weighted by Crippen LogP contribution is -2.42. The van der Waals surface area contributed by atoms with Gasteiger partial charge in [0.05, 0.1) is 23.9 Å². The number of halogens is 1. The average Bonchev–Trinajstić information content (AvgIpc) is 2.95. The molecule has 5 unspecified atom stereocenters. The maximum absolute atomic E-state index is 12.0. The second-order valence-electron chi connectivity index (χ2n) is 10.1. The highest BCUT2D eigenvalue weighted by Crippen LogP contribution is 2.27. The summed E-state index contributed by atoms with van der Waals surface area (Å²) in [6.07, 6.45) is 13.9. The molecule has 0 fully saturated rings. The Kier molecular flexibility index (Phi) is 16.9. The molecular formula is C33H41ClO9. The summed E-state index contributed by atoms with van der Waals surface area (Å²) in [4.78, 5) is 23.0.